The molecule has 2 unspecified atom stereocenters. The molecule has 1 saturated heterocycles. The minimum Gasteiger partial charge on any atom is -0.479 e. The van der Waals surface area contributed by atoms with Crippen molar-refractivity contribution in [3.63, 3.8) is 0 Å². The average Bonchev–Trinajstić information content (AvgIpc) is 0.775. The normalized spacial score (nSPS) is 24.4. The van der Waals surface area contributed by atoms with Crippen LogP contribution in [0.2, 0.25) is 0 Å². The van der Waals surface area contributed by atoms with Crippen molar-refractivity contribution in [1.29, 1.82) is 0 Å². The summed E-state index contributed by atoms with van der Waals surface area (Å²) >= 11 is 1.40. The lowest BCUT2D eigenvalue weighted by Crippen LogP contribution is -2.64. The van der Waals surface area contributed by atoms with Gasteiger partial charge in [-0.05, 0) is 159 Å². The maximum atomic E-state index is 14.3. The number of pyridine rings is 1. The fourth-order valence-corrected chi connectivity index (χ4v) is 17.9. The molecule has 104 heavy (non-hydrogen) atoms. The number of carboxylic acid groups (broad SMARTS) is 2. The van der Waals surface area contributed by atoms with Crippen LogP contribution in [-0.2, 0) is 75.5 Å². The van der Waals surface area contributed by atoms with Gasteiger partial charge in [0.15, 0.2) is 16.9 Å². The Hall–Kier alpha value is -9.46. The molecule has 4 bridgehead atoms. The number of carboxylic acids is 2. The number of primary amides is 1. The number of hydrogen-bond acceptors (Lipinski definition) is 20. The van der Waals surface area contributed by atoms with Crippen molar-refractivity contribution < 1.29 is 82.9 Å². The Labute approximate surface area is 605 Å². The predicted octanol–water partition coefficient (Wildman–Crippen LogP) is 6.00. The molecule has 12 N–H and O–H groups in total. The van der Waals surface area contributed by atoms with Crippen molar-refractivity contribution in [2.24, 2.45) is 27.9 Å². The number of fused-ring (bicyclic) bond motifs is 2. The van der Waals surface area contributed by atoms with Crippen LogP contribution in [0.15, 0.2) is 79.0 Å². The van der Waals surface area contributed by atoms with Crippen LogP contribution in [0.5, 0.6) is 0 Å². The van der Waals surface area contributed by atoms with Crippen LogP contribution in [0.1, 0.15) is 148 Å². The number of aliphatic carboxylic acids is 1. The molecule has 4 saturated carbocycles. The van der Waals surface area contributed by atoms with Gasteiger partial charge in [0.05, 0.1) is 41.3 Å². The first kappa shape index (κ1) is 75.7. The van der Waals surface area contributed by atoms with Gasteiger partial charge in [-0.2, -0.15) is 5.10 Å². The molecule has 5 heterocycles. The number of thiazole rings is 1. The SMILES string of the molecule is CCC(=O)NCC(=O)N[C@H](C(=O)N[C@@H](C)C(=O)Nc1ccc(COC(=O)N(CCOC23CC4(C)CC(C)(CC(Cn5ncc(-c6ccc(N7CCc8cccc(C(=O)Nc9nc%10ccccc%10s9)c8C7)nc6C(=O)O)c5C)(C4)C2)C3)CCC(N)=O)c(CC[C@@H]2O[C@H](C(=O)O)[C@@H](O)[C@H](O)[C@H]2O)c1)C(C)C. The van der Waals surface area contributed by atoms with E-state index in [1.807, 2.05) is 59.0 Å². The smallest absolute Gasteiger partial charge is 0.410 e. The number of rotatable bonds is 29. The largest absolute Gasteiger partial charge is 0.479 e. The summed E-state index contributed by atoms with van der Waals surface area (Å²) < 4.78 is 21.5. The number of aromatic carboxylic acids is 1. The zero-order valence-corrected chi connectivity index (χ0v) is 60.2. The Morgan fingerprint density at radius 3 is 2.26 bits per heavy atom. The first-order valence-corrected chi connectivity index (χ1v) is 36.0. The number of carbonyl (C=O) groups is 9. The van der Waals surface area contributed by atoms with Crippen molar-refractivity contribution in [3.05, 3.63) is 118 Å². The van der Waals surface area contributed by atoms with Gasteiger partial charge in [0.2, 0.25) is 29.5 Å². The second-order valence-corrected chi connectivity index (χ2v) is 30.8. The molecule has 3 aromatic carbocycles. The number of nitrogens with zero attached hydrogens (tertiary/aromatic N) is 6. The van der Waals surface area contributed by atoms with E-state index in [0.717, 1.165) is 59.1 Å². The second-order valence-electron chi connectivity index (χ2n) is 29.8. The van der Waals surface area contributed by atoms with E-state index in [-0.39, 0.29) is 98.0 Å². The number of amides is 7. The highest BCUT2D eigenvalue weighted by atomic mass is 32.1. The molecule has 0 radical (unpaired) electrons. The van der Waals surface area contributed by atoms with Crippen molar-refractivity contribution in [2.75, 3.05) is 48.3 Å². The number of ether oxygens (including phenoxy) is 3. The molecule has 6 aliphatic rings. The first-order valence-electron chi connectivity index (χ1n) is 35.2. The Balaban J connectivity index is 0.757. The summed E-state index contributed by atoms with van der Waals surface area (Å²) in [4.78, 5) is 130. The highest BCUT2D eigenvalue weighted by Crippen LogP contribution is 2.72. The number of aliphatic hydroxyl groups excluding tert-OH is 3. The maximum Gasteiger partial charge on any atom is 0.410 e. The number of anilines is 3. The van der Waals surface area contributed by atoms with E-state index in [0.29, 0.717) is 71.2 Å². The minimum absolute atomic E-state index is 0.00748. The third kappa shape index (κ3) is 17.0. The van der Waals surface area contributed by atoms with Crippen LogP contribution < -0.4 is 37.2 Å². The van der Waals surface area contributed by atoms with Gasteiger partial charge in [-0.1, -0.05) is 76.3 Å². The number of hydrogen-bond donors (Lipinski definition) is 11. The van der Waals surface area contributed by atoms with Crippen molar-refractivity contribution >= 4 is 91.7 Å². The number of aliphatic hydroxyl groups is 3. The average molecular weight is 1450 g/mol. The molecule has 3 aromatic heterocycles. The van der Waals surface area contributed by atoms with Crippen LogP contribution in [0, 0.1) is 29.1 Å². The molecule has 2 aliphatic heterocycles. The quantitative estimate of drug-likeness (QED) is 0.0256. The molecule has 556 valence electrons. The highest BCUT2D eigenvalue weighted by molar-refractivity contribution is 7.22. The van der Waals surface area contributed by atoms with Gasteiger partial charge in [-0.15, -0.1) is 0 Å². The molecule has 0 spiro atoms. The number of aromatic nitrogens is 4. The predicted molar refractivity (Wildman–Crippen MR) is 382 cm³/mol. The lowest BCUT2D eigenvalue weighted by atomic mass is 9.39. The lowest BCUT2D eigenvalue weighted by molar-refractivity contribution is -0.248. The van der Waals surface area contributed by atoms with E-state index in [1.165, 1.54) is 29.2 Å². The fourth-order valence-electron chi connectivity index (χ4n) is 17.0. The second kappa shape index (κ2) is 31.1. The van der Waals surface area contributed by atoms with Gasteiger partial charge in [0.25, 0.3) is 5.91 Å². The Morgan fingerprint density at radius 1 is 0.808 bits per heavy atom. The number of para-hydroxylation sites is 1. The third-order valence-corrected chi connectivity index (χ3v) is 21.8. The van der Waals surface area contributed by atoms with Gasteiger partial charge in [-0.25, -0.2) is 24.4 Å². The standard InChI is InChI=1S/C74H92N12O17S/c1-8-56(88)76-30-57(89)82-58(40(2)3)66(95)78-41(4)64(93)79-46-18-16-45(44(28-46)17-20-52-60(90)61(91)62(92)63(103-52)68(98)99)32-101-70(100)84(25-23-54(75)87)26-27-102-74-36-71(6)33-72(7,37-74)35-73(34-71,38-74)39-86-42(5)49(29-77-86)47-19-21-55(81-59(47)67(96)97)85-24-22-43-12-11-13-48(50(43)31-85)65(94)83-69-80-51-14-9-10-15-53(51)104-69/h9-16,18-19,21,28-29,40-41,52,58,60-63,90-92H,8,17,20,22-27,30-39H2,1-7H3,(H2,75,87)(H,76,88)(H,78,95)(H,79,93)(H,82,89)(H,96,97)(H,98,99)(H,80,83,94)/t41-,52-,58-,60-,61+,62-,63-,71?,72?,73?,74?/m0/s1. The molecule has 9 atom stereocenters. The van der Waals surface area contributed by atoms with E-state index in [4.69, 9.17) is 30.0 Å². The molecule has 4 aliphatic carbocycles. The van der Waals surface area contributed by atoms with Crippen LogP contribution >= 0.6 is 11.3 Å². The van der Waals surface area contributed by atoms with Crippen LogP contribution in [0.25, 0.3) is 21.3 Å². The van der Waals surface area contributed by atoms with Crippen LogP contribution in [0.3, 0.4) is 0 Å². The topological polar surface area (TPSA) is 419 Å². The molecule has 12 rings (SSSR count). The van der Waals surface area contributed by atoms with Gasteiger partial charge < -0.3 is 76.5 Å². The van der Waals surface area contributed by atoms with E-state index >= 15 is 0 Å². The van der Waals surface area contributed by atoms with Gasteiger partial charge >= 0.3 is 18.0 Å². The molecule has 6 aromatic rings. The van der Waals surface area contributed by atoms with Crippen molar-refractivity contribution in [3.8, 4) is 11.1 Å². The fraction of sp³-hybridized carbons (Fsp3) is 0.514. The maximum absolute atomic E-state index is 14.3. The lowest BCUT2D eigenvalue weighted by Gasteiger charge is -2.69. The Bertz CT molecular complexity index is 4240. The summed E-state index contributed by atoms with van der Waals surface area (Å²) in [7, 11) is 0. The van der Waals surface area contributed by atoms with E-state index < -0.39 is 95.8 Å². The third-order valence-electron chi connectivity index (χ3n) is 20.9. The van der Waals surface area contributed by atoms with Gasteiger partial charge in [0, 0.05) is 73.6 Å². The number of nitrogens with one attached hydrogen (secondary N) is 5. The molecular weight excluding hydrogens is 1360 g/mol. The van der Waals surface area contributed by atoms with Crippen molar-refractivity contribution in [1.82, 2.24) is 40.6 Å². The molecule has 29 nitrogen and oxygen atoms in total. The summed E-state index contributed by atoms with van der Waals surface area (Å²) in [5.41, 5.74) is 10.4. The Kier molecular flexibility index (Phi) is 22.6. The summed E-state index contributed by atoms with van der Waals surface area (Å²) in [6.45, 7) is 13.6. The summed E-state index contributed by atoms with van der Waals surface area (Å²) in [6, 6.07) is 19.4. The van der Waals surface area contributed by atoms with E-state index in [2.05, 4.69) is 45.4 Å². The van der Waals surface area contributed by atoms with E-state index in [9.17, 15) is 68.7 Å². The molecular formula is C74H92N12O17S. The highest BCUT2D eigenvalue weighted by Gasteiger charge is 2.66. The van der Waals surface area contributed by atoms with Crippen LogP contribution in [0.4, 0.5) is 21.4 Å². The molecule has 5 fully saturated rings. The molecule has 7 amide bonds. The summed E-state index contributed by atoms with van der Waals surface area (Å²) in [5.74, 6) is -5.95. The Morgan fingerprint density at radius 2 is 1.56 bits per heavy atom. The number of aryl methyl sites for hydroxylation is 1. The number of nitrogens with two attached hydrogens (primary N) is 1. The summed E-state index contributed by atoms with van der Waals surface area (Å²) in [5, 5.41) is 71.4. The number of carbonyl (C=O) groups excluding carboxylic acids is 7. The monoisotopic (exact) mass is 1450 g/mol. The first-order chi connectivity index (χ1) is 49.3. The minimum atomic E-state index is -1.93. The van der Waals surface area contributed by atoms with Gasteiger partial charge in [0.1, 0.15) is 42.8 Å². The van der Waals surface area contributed by atoms with Crippen LogP contribution in [-0.4, -0.2) is 185 Å². The zero-order valence-electron chi connectivity index (χ0n) is 59.4. The zero-order chi connectivity index (χ0) is 74.7. The van der Waals surface area contributed by atoms with Crippen molar-refractivity contribution in [2.45, 2.75) is 187 Å². The van der Waals surface area contributed by atoms with E-state index in [1.54, 1.807) is 51.2 Å². The summed E-state index contributed by atoms with van der Waals surface area (Å²) in [6.07, 6.45) is -2.39. The van der Waals surface area contributed by atoms with Gasteiger partial charge in [-0.3, -0.25) is 38.8 Å². The molecule has 30 heteroatoms. The number of benzene rings is 3.